The Hall–Kier alpha value is -1.84. The minimum absolute atomic E-state index is 0.474. The molecule has 66 valence electrons. The monoisotopic (exact) mass is 175 g/mol. The van der Waals surface area contributed by atoms with Crippen LogP contribution in [0.4, 0.5) is 10.5 Å². The molecule has 1 heterocycles. The molecule has 0 aliphatic carbocycles. The number of nitrogens with zero attached hydrogens (tertiary/aromatic N) is 2. The fraction of sp³-hybridized carbons (Fsp3) is 0.111. The van der Waals surface area contributed by atoms with E-state index in [1.807, 2.05) is 24.3 Å². The van der Waals surface area contributed by atoms with Gasteiger partial charge in [0.25, 0.3) is 0 Å². The maximum atomic E-state index is 10.8. The van der Waals surface area contributed by atoms with Crippen molar-refractivity contribution in [3.05, 3.63) is 29.8 Å². The predicted molar refractivity (Wildman–Crippen MR) is 49.7 cm³/mol. The van der Waals surface area contributed by atoms with Crippen LogP contribution in [0, 0.1) is 0 Å². The summed E-state index contributed by atoms with van der Waals surface area (Å²) in [6.45, 7) is 0.509. The van der Waals surface area contributed by atoms with Gasteiger partial charge in [0.05, 0.1) is 18.6 Å². The zero-order chi connectivity index (χ0) is 9.26. The van der Waals surface area contributed by atoms with Crippen molar-refractivity contribution in [2.75, 3.05) is 0 Å². The molecule has 0 aromatic heterocycles. The van der Waals surface area contributed by atoms with E-state index in [4.69, 9.17) is 5.73 Å². The van der Waals surface area contributed by atoms with E-state index in [1.54, 1.807) is 0 Å². The topological polar surface area (TPSA) is 58.7 Å². The van der Waals surface area contributed by atoms with E-state index in [2.05, 4.69) is 4.99 Å². The lowest BCUT2D eigenvalue weighted by atomic mass is 10.1. The number of amides is 2. The van der Waals surface area contributed by atoms with Gasteiger partial charge in [0.15, 0.2) is 0 Å². The van der Waals surface area contributed by atoms with E-state index >= 15 is 0 Å². The summed E-state index contributed by atoms with van der Waals surface area (Å²) in [5.74, 6) is 0. The third-order valence-electron chi connectivity index (χ3n) is 1.95. The van der Waals surface area contributed by atoms with E-state index in [-0.39, 0.29) is 0 Å². The lowest BCUT2D eigenvalue weighted by Crippen LogP contribution is -2.35. The Labute approximate surface area is 75.7 Å². The molecule has 1 aromatic carbocycles. The number of hydrogen-bond acceptors (Lipinski definition) is 2. The Balaban J connectivity index is 2.34. The molecule has 2 rings (SSSR count). The van der Waals surface area contributed by atoms with Crippen molar-refractivity contribution in [1.82, 2.24) is 4.90 Å². The van der Waals surface area contributed by atoms with Crippen LogP contribution in [-0.4, -0.2) is 17.3 Å². The van der Waals surface area contributed by atoms with Gasteiger partial charge in [-0.05, 0) is 11.6 Å². The van der Waals surface area contributed by atoms with E-state index in [9.17, 15) is 4.79 Å². The van der Waals surface area contributed by atoms with E-state index in [0.717, 1.165) is 11.3 Å². The quantitative estimate of drug-likeness (QED) is 0.633. The second-order valence-electron chi connectivity index (χ2n) is 2.84. The molecule has 0 bridgehead atoms. The van der Waals surface area contributed by atoms with E-state index in [0.29, 0.717) is 6.54 Å². The van der Waals surface area contributed by atoms with Crippen LogP contribution in [0.5, 0.6) is 0 Å². The number of carbonyl (C=O) groups excluding carboxylic acids is 1. The number of urea groups is 1. The van der Waals surface area contributed by atoms with Crippen molar-refractivity contribution in [2.45, 2.75) is 6.54 Å². The minimum Gasteiger partial charge on any atom is -0.351 e. The maximum absolute atomic E-state index is 10.8. The number of fused-ring (bicyclic) bond motifs is 1. The van der Waals surface area contributed by atoms with Crippen LogP contribution < -0.4 is 5.73 Å². The van der Waals surface area contributed by atoms with Gasteiger partial charge >= 0.3 is 6.03 Å². The summed E-state index contributed by atoms with van der Waals surface area (Å²) in [7, 11) is 0. The molecule has 2 amide bonds. The summed E-state index contributed by atoms with van der Waals surface area (Å²) in [6, 6.07) is 7.19. The molecule has 1 aliphatic rings. The second-order valence-corrected chi connectivity index (χ2v) is 2.84. The Bertz CT molecular complexity index is 373. The van der Waals surface area contributed by atoms with Crippen LogP contribution in [0.15, 0.2) is 29.3 Å². The van der Waals surface area contributed by atoms with Gasteiger partial charge in [0.2, 0.25) is 0 Å². The van der Waals surface area contributed by atoms with Gasteiger partial charge in [-0.2, -0.15) is 0 Å². The van der Waals surface area contributed by atoms with Crippen LogP contribution in [0.2, 0.25) is 0 Å². The first-order valence-corrected chi connectivity index (χ1v) is 3.95. The number of hydrogen-bond donors (Lipinski definition) is 1. The predicted octanol–water partition coefficient (Wildman–Crippen LogP) is 1.24. The molecular weight excluding hydrogens is 166 g/mol. The number of nitrogens with two attached hydrogens (primary N) is 1. The average Bonchev–Trinajstić information content (AvgIpc) is 2.17. The molecule has 1 aliphatic heterocycles. The molecule has 1 aromatic rings. The molecular formula is C9H9N3O. The summed E-state index contributed by atoms with van der Waals surface area (Å²) in [6.07, 6.45) is 1.46. The Kier molecular flexibility index (Phi) is 1.73. The molecule has 0 spiro atoms. The zero-order valence-electron chi connectivity index (χ0n) is 6.97. The first kappa shape index (κ1) is 7.79. The molecule has 4 nitrogen and oxygen atoms in total. The number of benzene rings is 1. The normalized spacial score (nSPS) is 14.0. The largest absolute Gasteiger partial charge is 0.351 e. The van der Waals surface area contributed by atoms with Crippen molar-refractivity contribution in [3.63, 3.8) is 0 Å². The number of aliphatic imine (C=N–C) groups is 1. The van der Waals surface area contributed by atoms with Crippen molar-refractivity contribution in [1.29, 1.82) is 0 Å². The molecule has 0 radical (unpaired) electrons. The van der Waals surface area contributed by atoms with Crippen molar-refractivity contribution < 1.29 is 4.79 Å². The molecule has 4 heteroatoms. The highest BCUT2D eigenvalue weighted by Crippen LogP contribution is 2.22. The van der Waals surface area contributed by atoms with Crippen LogP contribution >= 0.6 is 0 Å². The minimum atomic E-state index is -0.474. The maximum Gasteiger partial charge on any atom is 0.320 e. The van der Waals surface area contributed by atoms with Gasteiger partial charge in [0.1, 0.15) is 0 Å². The van der Waals surface area contributed by atoms with Gasteiger partial charge in [-0.15, -0.1) is 0 Å². The SMILES string of the molecule is NC(=O)N1C=Nc2ccccc2C1. The highest BCUT2D eigenvalue weighted by Gasteiger charge is 2.13. The molecule has 13 heavy (non-hydrogen) atoms. The van der Waals surface area contributed by atoms with Crippen LogP contribution in [0.3, 0.4) is 0 Å². The highest BCUT2D eigenvalue weighted by atomic mass is 16.2. The average molecular weight is 175 g/mol. The Morgan fingerprint density at radius 3 is 3.00 bits per heavy atom. The lowest BCUT2D eigenvalue weighted by Gasteiger charge is -2.19. The van der Waals surface area contributed by atoms with Crippen molar-refractivity contribution in [2.24, 2.45) is 10.7 Å². The smallest absolute Gasteiger partial charge is 0.320 e. The number of primary amides is 1. The first-order valence-electron chi connectivity index (χ1n) is 3.95. The molecule has 0 fully saturated rings. The molecule has 0 atom stereocenters. The van der Waals surface area contributed by atoms with Crippen molar-refractivity contribution >= 4 is 18.1 Å². The summed E-state index contributed by atoms with van der Waals surface area (Å²) < 4.78 is 0. The molecule has 2 N–H and O–H groups in total. The Morgan fingerprint density at radius 1 is 1.46 bits per heavy atom. The van der Waals surface area contributed by atoms with E-state index < -0.39 is 6.03 Å². The lowest BCUT2D eigenvalue weighted by molar-refractivity contribution is 0.229. The number of para-hydroxylation sites is 1. The molecule has 0 unspecified atom stereocenters. The van der Waals surface area contributed by atoms with Crippen LogP contribution in [-0.2, 0) is 6.54 Å². The van der Waals surface area contributed by atoms with E-state index in [1.165, 1.54) is 11.2 Å². The van der Waals surface area contributed by atoms with Gasteiger partial charge in [-0.1, -0.05) is 18.2 Å². The summed E-state index contributed by atoms with van der Waals surface area (Å²) >= 11 is 0. The summed E-state index contributed by atoms with van der Waals surface area (Å²) in [5.41, 5.74) is 7.04. The first-order chi connectivity index (χ1) is 6.27. The summed E-state index contributed by atoms with van der Waals surface area (Å²) in [5, 5.41) is 0. The zero-order valence-corrected chi connectivity index (χ0v) is 6.97. The highest BCUT2D eigenvalue weighted by molar-refractivity contribution is 5.87. The Morgan fingerprint density at radius 2 is 2.23 bits per heavy atom. The third kappa shape index (κ3) is 1.38. The van der Waals surface area contributed by atoms with Crippen molar-refractivity contribution in [3.8, 4) is 0 Å². The number of carbonyl (C=O) groups is 1. The van der Waals surface area contributed by atoms with Gasteiger partial charge < -0.3 is 5.73 Å². The standard InChI is InChI=1S/C9H9N3O/c10-9(13)12-5-7-3-1-2-4-8(7)11-6-12/h1-4,6H,5H2,(H2,10,13). The number of rotatable bonds is 0. The third-order valence-corrected chi connectivity index (χ3v) is 1.95. The van der Waals surface area contributed by atoms with Crippen LogP contribution in [0.25, 0.3) is 0 Å². The molecule has 0 saturated heterocycles. The van der Waals surface area contributed by atoms with Gasteiger partial charge in [-0.3, -0.25) is 4.90 Å². The second kappa shape index (κ2) is 2.90. The van der Waals surface area contributed by atoms with Gasteiger partial charge in [0, 0.05) is 0 Å². The molecule has 0 saturated carbocycles. The summed E-state index contributed by atoms with van der Waals surface area (Å²) in [4.78, 5) is 16.3. The fourth-order valence-electron chi connectivity index (χ4n) is 1.26. The van der Waals surface area contributed by atoms with Crippen LogP contribution in [0.1, 0.15) is 5.56 Å². The van der Waals surface area contributed by atoms with Gasteiger partial charge in [-0.25, -0.2) is 9.79 Å². The fourth-order valence-corrected chi connectivity index (χ4v) is 1.26.